The first-order valence-electron chi connectivity index (χ1n) is 9.70. The van der Waals surface area contributed by atoms with E-state index in [9.17, 15) is 0 Å². The molecule has 2 N–H and O–H groups in total. The summed E-state index contributed by atoms with van der Waals surface area (Å²) in [6.07, 6.45) is 6.27. The Balaban J connectivity index is 1.45. The molecule has 2 heterocycles. The van der Waals surface area contributed by atoms with Crippen LogP contribution in [0, 0.1) is 5.92 Å². The number of fused-ring (bicyclic) bond motifs is 2. The normalized spacial score (nSPS) is 21.0. The number of allylic oxidation sites excluding steroid dienone is 2. The van der Waals surface area contributed by atoms with E-state index < -0.39 is 0 Å². The lowest BCUT2D eigenvalue weighted by atomic mass is 9.86. The smallest absolute Gasteiger partial charge is 0.239 e. The van der Waals surface area contributed by atoms with Crippen molar-refractivity contribution in [1.82, 2.24) is 15.4 Å². The quantitative estimate of drug-likeness (QED) is 0.445. The Labute approximate surface area is 182 Å². The maximum absolute atomic E-state index is 4.80. The molecular weight excluding hydrogens is 440 g/mol. The number of benzene rings is 2. The first-order chi connectivity index (χ1) is 14.7. The van der Waals surface area contributed by atoms with E-state index in [1.54, 1.807) is 0 Å². The average Bonchev–Trinajstić information content (AvgIpc) is 3.22. The van der Waals surface area contributed by atoms with Crippen molar-refractivity contribution in [3.8, 4) is 0 Å². The van der Waals surface area contributed by atoms with Gasteiger partial charge in [0.05, 0.1) is 22.8 Å². The van der Waals surface area contributed by atoms with Gasteiger partial charge in [-0.3, -0.25) is 0 Å². The van der Waals surface area contributed by atoms with E-state index >= 15 is 0 Å². The van der Waals surface area contributed by atoms with Crippen LogP contribution in [0.4, 0.5) is 0 Å². The Bertz CT molecular complexity index is 1220. The lowest BCUT2D eigenvalue weighted by Crippen LogP contribution is -2.35. The number of hydrogen-bond acceptors (Lipinski definition) is 5. The van der Waals surface area contributed by atoms with Gasteiger partial charge in [-0.25, -0.2) is 20.4 Å². The van der Waals surface area contributed by atoms with Crippen LogP contribution in [0.15, 0.2) is 92.4 Å². The third-order valence-electron chi connectivity index (χ3n) is 5.10. The number of guanidine groups is 1. The van der Waals surface area contributed by atoms with E-state index in [0.717, 1.165) is 38.3 Å². The largest absolute Gasteiger partial charge is 0.337 e. The number of hydrogen-bond donors (Lipinski definition) is 2. The van der Waals surface area contributed by atoms with Gasteiger partial charge in [0.25, 0.3) is 0 Å². The van der Waals surface area contributed by atoms with Crippen LogP contribution in [0.3, 0.4) is 0 Å². The summed E-state index contributed by atoms with van der Waals surface area (Å²) in [7, 11) is 0. The summed E-state index contributed by atoms with van der Waals surface area (Å²) in [5, 5.41) is 4.48. The zero-order valence-corrected chi connectivity index (χ0v) is 17.8. The minimum atomic E-state index is -0.0248. The SMILES string of the molecule is CC(=NNC1=NC2C=CC(Br)=CC2C(c2ccccc2)=N1)c1nc2ccccc2[nH]1. The highest BCUT2D eigenvalue weighted by Crippen LogP contribution is 2.29. The van der Waals surface area contributed by atoms with E-state index in [1.807, 2.05) is 55.5 Å². The van der Waals surface area contributed by atoms with Crippen LogP contribution in [0.1, 0.15) is 18.3 Å². The van der Waals surface area contributed by atoms with Crippen molar-refractivity contribution < 1.29 is 0 Å². The Kier molecular flexibility index (Phi) is 4.88. The molecule has 0 bridgehead atoms. The molecule has 6 nitrogen and oxygen atoms in total. The van der Waals surface area contributed by atoms with Gasteiger partial charge in [0.1, 0.15) is 5.71 Å². The molecule has 0 spiro atoms. The molecule has 5 rings (SSSR count). The summed E-state index contributed by atoms with van der Waals surface area (Å²) in [5.41, 5.74) is 7.70. The highest BCUT2D eigenvalue weighted by atomic mass is 79.9. The molecule has 1 aromatic heterocycles. The van der Waals surface area contributed by atoms with Gasteiger partial charge in [0.2, 0.25) is 5.96 Å². The maximum atomic E-state index is 4.80. The number of rotatable bonds is 3. The molecule has 2 atom stereocenters. The van der Waals surface area contributed by atoms with Crippen molar-refractivity contribution in [1.29, 1.82) is 0 Å². The summed E-state index contributed by atoms with van der Waals surface area (Å²) < 4.78 is 1.04. The summed E-state index contributed by atoms with van der Waals surface area (Å²) in [6, 6.07) is 18.1. The standard InChI is InChI=1S/C23H19BrN6/c1-14(22-25-19-9-5-6-10-20(19)26-22)29-30-23-27-18-12-11-16(24)13-17(18)21(28-23)15-7-3-2-4-8-15/h2-13,17-18H,1H3,(H,25,26)(H,27,30). The lowest BCUT2D eigenvalue weighted by Gasteiger charge is -2.28. The van der Waals surface area contributed by atoms with Gasteiger partial charge >= 0.3 is 0 Å². The number of hydrazone groups is 1. The molecule has 0 radical (unpaired) electrons. The fraction of sp³-hybridized carbons (Fsp3) is 0.130. The monoisotopic (exact) mass is 458 g/mol. The third kappa shape index (κ3) is 3.64. The van der Waals surface area contributed by atoms with Gasteiger partial charge in [0, 0.05) is 10.4 Å². The molecule has 0 fully saturated rings. The van der Waals surface area contributed by atoms with Gasteiger partial charge in [-0.1, -0.05) is 76.6 Å². The number of imidazole rings is 1. The number of nitrogens with one attached hydrogen (secondary N) is 2. The molecular formula is C23H19BrN6. The highest BCUT2D eigenvalue weighted by Gasteiger charge is 2.30. The second-order valence-electron chi connectivity index (χ2n) is 7.15. The molecule has 1 aliphatic heterocycles. The number of aromatic amines is 1. The number of nitrogens with zero attached hydrogens (tertiary/aromatic N) is 4. The molecule has 0 saturated carbocycles. The van der Waals surface area contributed by atoms with E-state index in [0.29, 0.717) is 5.96 Å². The molecule has 3 aromatic rings. The van der Waals surface area contributed by atoms with Gasteiger partial charge in [-0.05, 0) is 24.6 Å². The maximum Gasteiger partial charge on any atom is 0.239 e. The van der Waals surface area contributed by atoms with Gasteiger partial charge in [-0.2, -0.15) is 5.10 Å². The van der Waals surface area contributed by atoms with E-state index in [1.165, 1.54) is 0 Å². The molecule has 1 aliphatic carbocycles. The van der Waals surface area contributed by atoms with Crippen molar-refractivity contribution in [2.24, 2.45) is 21.0 Å². The number of para-hydroxylation sites is 2. The molecule has 0 amide bonds. The molecule has 2 aliphatic rings. The van der Waals surface area contributed by atoms with Gasteiger partial charge in [0.15, 0.2) is 5.82 Å². The van der Waals surface area contributed by atoms with Crippen molar-refractivity contribution in [3.63, 3.8) is 0 Å². The summed E-state index contributed by atoms with van der Waals surface area (Å²) in [6.45, 7) is 1.90. The van der Waals surface area contributed by atoms with Crippen LogP contribution in [0.2, 0.25) is 0 Å². The first kappa shape index (κ1) is 18.7. The second-order valence-corrected chi connectivity index (χ2v) is 8.07. The summed E-state index contributed by atoms with van der Waals surface area (Å²) in [4.78, 5) is 17.4. The van der Waals surface area contributed by atoms with Crippen LogP contribution >= 0.6 is 15.9 Å². The van der Waals surface area contributed by atoms with Crippen molar-refractivity contribution in [3.05, 3.63) is 88.7 Å². The van der Waals surface area contributed by atoms with Gasteiger partial charge < -0.3 is 4.98 Å². The first-order valence-corrected chi connectivity index (χ1v) is 10.5. The molecule has 148 valence electrons. The zero-order valence-electron chi connectivity index (χ0n) is 16.2. The van der Waals surface area contributed by atoms with Gasteiger partial charge in [-0.15, -0.1) is 0 Å². The molecule has 7 heteroatoms. The van der Waals surface area contributed by atoms with Crippen LogP contribution in [0.25, 0.3) is 11.0 Å². The number of aromatic nitrogens is 2. The molecule has 2 unspecified atom stereocenters. The lowest BCUT2D eigenvalue weighted by molar-refractivity contribution is 0.697. The molecule has 0 saturated heterocycles. The van der Waals surface area contributed by atoms with E-state index in [-0.39, 0.29) is 12.0 Å². The third-order valence-corrected chi connectivity index (χ3v) is 5.63. The minimum Gasteiger partial charge on any atom is -0.337 e. The van der Waals surface area contributed by atoms with E-state index in [2.05, 4.69) is 60.7 Å². The Morgan fingerprint density at radius 3 is 2.73 bits per heavy atom. The van der Waals surface area contributed by atoms with Crippen molar-refractivity contribution in [2.75, 3.05) is 0 Å². The fourth-order valence-corrected chi connectivity index (χ4v) is 4.03. The molecule has 2 aromatic carbocycles. The Morgan fingerprint density at radius 1 is 1.10 bits per heavy atom. The minimum absolute atomic E-state index is 0.0248. The predicted molar refractivity (Wildman–Crippen MR) is 125 cm³/mol. The number of halogens is 1. The highest BCUT2D eigenvalue weighted by molar-refractivity contribution is 9.11. The average molecular weight is 459 g/mol. The molecule has 30 heavy (non-hydrogen) atoms. The summed E-state index contributed by atoms with van der Waals surface area (Å²) in [5.74, 6) is 1.29. The van der Waals surface area contributed by atoms with Crippen LogP contribution in [0.5, 0.6) is 0 Å². The number of H-pyrrole nitrogens is 1. The number of aliphatic imine (C=N–C) groups is 2. The van der Waals surface area contributed by atoms with Crippen molar-refractivity contribution in [2.45, 2.75) is 13.0 Å². The van der Waals surface area contributed by atoms with Crippen molar-refractivity contribution >= 4 is 44.3 Å². The Morgan fingerprint density at radius 2 is 1.90 bits per heavy atom. The van der Waals surface area contributed by atoms with Crippen LogP contribution in [-0.2, 0) is 0 Å². The Hall–Kier alpha value is -3.32. The second kappa shape index (κ2) is 7.84. The van der Waals surface area contributed by atoms with Crippen LogP contribution < -0.4 is 5.43 Å². The van der Waals surface area contributed by atoms with E-state index in [4.69, 9.17) is 9.98 Å². The summed E-state index contributed by atoms with van der Waals surface area (Å²) >= 11 is 3.58. The topological polar surface area (TPSA) is 77.8 Å². The fourth-order valence-electron chi connectivity index (χ4n) is 3.59. The zero-order chi connectivity index (χ0) is 20.5. The predicted octanol–water partition coefficient (Wildman–Crippen LogP) is 4.57. The van der Waals surface area contributed by atoms with Crippen LogP contribution in [-0.4, -0.2) is 33.4 Å².